The normalized spacial score (nSPS) is 27.7. The fraction of sp³-hybridized carbons (Fsp3) is 0.846. The van der Waals surface area contributed by atoms with Gasteiger partial charge in [-0.15, -0.1) is 0 Å². The molecule has 0 aromatic heterocycles. The number of carbonyl (C=O) groups is 2. The molecule has 8 heteroatoms. The lowest BCUT2D eigenvalue weighted by molar-refractivity contribution is -0.138. The molecule has 0 aromatic rings. The maximum absolute atomic E-state index is 12.5. The maximum atomic E-state index is 12.5. The second-order valence-electron chi connectivity index (χ2n) is 5.60. The van der Waals surface area contributed by atoms with Crippen molar-refractivity contribution >= 4 is 12.0 Å². The summed E-state index contributed by atoms with van der Waals surface area (Å²) >= 11 is 0. The molecule has 21 heavy (non-hydrogen) atoms. The van der Waals surface area contributed by atoms with Gasteiger partial charge in [0.1, 0.15) is 0 Å². The number of carboxylic acid groups (broad SMARTS) is 1. The van der Waals surface area contributed by atoms with Gasteiger partial charge in [-0.05, 0) is 6.92 Å². The van der Waals surface area contributed by atoms with Crippen molar-refractivity contribution in [3.8, 4) is 0 Å². The minimum absolute atomic E-state index is 0.0171. The number of piperazine rings is 1. The molecule has 2 aliphatic rings. The van der Waals surface area contributed by atoms with Crippen molar-refractivity contribution in [3.63, 3.8) is 0 Å². The Balaban J connectivity index is 1.85. The molecule has 2 heterocycles. The molecule has 2 saturated heterocycles. The second-order valence-corrected chi connectivity index (χ2v) is 5.60. The Hall–Kier alpha value is -1.38. The number of urea groups is 1. The minimum atomic E-state index is -0.845. The van der Waals surface area contributed by atoms with E-state index >= 15 is 0 Å². The number of carboxylic acids is 1. The highest BCUT2D eigenvalue weighted by atomic mass is 16.5. The molecule has 2 fully saturated rings. The lowest BCUT2D eigenvalue weighted by atomic mass is 10.2. The van der Waals surface area contributed by atoms with Gasteiger partial charge in [0, 0.05) is 32.7 Å². The van der Waals surface area contributed by atoms with Crippen molar-refractivity contribution < 1.29 is 24.5 Å². The molecular formula is C13H23N3O5. The number of amides is 2. The van der Waals surface area contributed by atoms with Crippen molar-refractivity contribution in [1.82, 2.24) is 14.7 Å². The van der Waals surface area contributed by atoms with Crippen LogP contribution in [0.4, 0.5) is 4.79 Å². The van der Waals surface area contributed by atoms with Crippen LogP contribution in [0, 0.1) is 0 Å². The van der Waals surface area contributed by atoms with Gasteiger partial charge in [0.25, 0.3) is 0 Å². The summed E-state index contributed by atoms with van der Waals surface area (Å²) in [6, 6.07) is -0.0569. The molecule has 0 bridgehead atoms. The van der Waals surface area contributed by atoms with Crippen LogP contribution in [-0.2, 0) is 9.53 Å². The van der Waals surface area contributed by atoms with Crippen LogP contribution in [0.1, 0.15) is 6.92 Å². The number of carbonyl (C=O) groups excluding carboxylic acids is 1. The van der Waals surface area contributed by atoms with Crippen LogP contribution < -0.4 is 0 Å². The second kappa shape index (κ2) is 7.06. The number of hydrogen-bond donors (Lipinski definition) is 2. The molecule has 0 saturated carbocycles. The highest BCUT2D eigenvalue weighted by Gasteiger charge is 2.32. The Morgan fingerprint density at radius 1 is 1.14 bits per heavy atom. The number of rotatable bonds is 3. The predicted molar refractivity (Wildman–Crippen MR) is 74.0 cm³/mol. The summed E-state index contributed by atoms with van der Waals surface area (Å²) in [5.41, 5.74) is 0. The van der Waals surface area contributed by atoms with E-state index in [1.165, 1.54) is 0 Å². The quantitative estimate of drug-likeness (QED) is 0.686. The van der Waals surface area contributed by atoms with Crippen LogP contribution in [0.3, 0.4) is 0 Å². The average molecular weight is 301 g/mol. The molecule has 2 atom stereocenters. The van der Waals surface area contributed by atoms with Crippen LogP contribution in [0.25, 0.3) is 0 Å². The summed E-state index contributed by atoms with van der Waals surface area (Å²) in [7, 11) is 0. The number of hydrogen-bond acceptors (Lipinski definition) is 5. The number of ether oxygens (including phenoxy) is 1. The van der Waals surface area contributed by atoms with E-state index in [-0.39, 0.29) is 31.4 Å². The van der Waals surface area contributed by atoms with Gasteiger partial charge in [0.05, 0.1) is 31.9 Å². The standard InChI is InChI=1S/C13H23N3O5/c1-10-6-16(7-11(9-17)21-10)13(20)15-4-2-14(3-5-15)8-12(18)19/h10-11,17H,2-9H2,1H3,(H,18,19). The highest BCUT2D eigenvalue weighted by molar-refractivity contribution is 5.75. The summed E-state index contributed by atoms with van der Waals surface area (Å²) < 4.78 is 5.53. The van der Waals surface area contributed by atoms with Crippen molar-refractivity contribution in [1.29, 1.82) is 0 Å². The smallest absolute Gasteiger partial charge is 0.320 e. The fourth-order valence-corrected chi connectivity index (χ4v) is 2.79. The first-order chi connectivity index (χ1) is 9.99. The Bertz CT molecular complexity index is 384. The monoisotopic (exact) mass is 301 g/mol. The van der Waals surface area contributed by atoms with Crippen LogP contribution in [-0.4, -0.2) is 102 Å². The molecule has 0 aliphatic carbocycles. The lowest BCUT2D eigenvalue weighted by Gasteiger charge is -2.41. The van der Waals surface area contributed by atoms with E-state index in [0.717, 1.165) is 0 Å². The first kappa shape index (κ1) is 16.0. The van der Waals surface area contributed by atoms with E-state index in [1.54, 1.807) is 9.80 Å². The van der Waals surface area contributed by atoms with Crippen LogP contribution in [0.5, 0.6) is 0 Å². The Labute approximate surface area is 123 Å². The zero-order valence-corrected chi connectivity index (χ0v) is 12.3. The first-order valence-electron chi connectivity index (χ1n) is 7.24. The van der Waals surface area contributed by atoms with Crippen molar-refractivity contribution in [2.24, 2.45) is 0 Å². The SMILES string of the molecule is CC1CN(C(=O)N2CCN(CC(=O)O)CC2)CC(CO)O1. The van der Waals surface area contributed by atoms with Crippen molar-refractivity contribution in [2.45, 2.75) is 19.1 Å². The summed E-state index contributed by atoms with van der Waals surface area (Å²) in [6.45, 7) is 4.92. The third kappa shape index (κ3) is 4.29. The van der Waals surface area contributed by atoms with E-state index in [1.807, 2.05) is 11.8 Å². The van der Waals surface area contributed by atoms with E-state index in [9.17, 15) is 14.7 Å². The Kier molecular flexibility index (Phi) is 5.38. The van der Waals surface area contributed by atoms with Gasteiger partial charge in [-0.3, -0.25) is 9.69 Å². The molecule has 0 radical (unpaired) electrons. The van der Waals surface area contributed by atoms with Gasteiger partial charge in [-0.1, -0.05) is 0 Å². The summed E-state index contributed by atoms with van der Waals surface area (Å²) in [5.74, 6) is -0.845. The molecule has 2 N–H and O–H groups in total. The van der Waals surface area contributed by atoms with Crippen LogP contribution in [0.2, 0.25) is 0 Å². The highest BCUT2D eigenvalue weighted by Crippen LogP contribution is 2.14. The number of morpholine rings is 1. The molecule has 2 rings (SSSR count). The topological polar surface area (TPSA) is 93.6 Å². The number of nitrogens with zero attached hydrogens (tertiary/aromatic N) is 3. The average Bonchev–Trinajstić information content (AvgIpc) is 2.46. The summed E-state index contributed by atoms with van der Waals surface area (Å²) in [4.78, 5) is 28.4. The van der Waals surface area contributed by atoms with Gasteiger partial charge in [0.2, 0.25) is 0 Å². The lowest BCUT2D eigenvalue weighted by Crippen LogP contribution is -2.58. The van der Waals surface area contributed by atoms with Gasteiger partial charge < -0.3 is 24.7 Å². The van der Waals surface area contributed by atoms with E-state index < -0.39 is 5.97 Å². The maximum Gasteiger partial charge on any atom is 0.320 e. The molecule has 8 nitrogen and oxygen atoms in total. The molecule has 2 amide bonds. The summed E-state index contributed by atoms with van der Waals surface area (Å²) in [6.07, 6.45) is -0.417. The molecular weight excluding hydrogens is 278 g/mol. The van der Waals surface area contributed by atoms with Gasteiger partial charge >= 0.3 is 12.0 Å². The van der Waals surface area contributed by atoms with E-state index in [2.05, 4.69) is 0 Å². The van der Waals surface area contributed by atoms with Crippen molar-refractivity contribution in [3.05, 3.63) is 0 Å². The van der Waals surface area contributed by atoms with Gasteiger partial charge in [-0.25, -0.2) is 4.79 Å². The third-order valence-corrected chi connectivity index (χ3v) is 3.80. The summed E-state index contributed by atoms with van der Waals surface area (Å²) in [5, 5.41) is 18.0. The molecule has 2 unspecified atom stereocenters. The largest absolute Gasteiger partial charge is 0.480 e. The number of aliphatic hydroxyl groups excluding tert-OH is 1. The first-order valence-corrected chi connectivity index (χ1v) is 7.24. The Morgan fingerprint density at radius 3 is 2.38 bits per heavy atom. The zero-order chi connectivity index (χ0) is 15.4. The van der Waals surface area contributed by atoms with E-state index in [0.29, 0.717) is 39.3 Å². The zero-order valence-electron chi connectivity index (χ0n) is 12.3. The van der Waals surface area contributed by atoms with Crippen LogP contribution >= 0.6 is 0 Å². The van der Waals surface area contributed by atoms with E-state index in [4.69, 9.17) is 9.84 Å². The molecule has 120 valence electrons. The van der Waals surface area contributed by atoms with Gasteiger partial charge in [0.15, 0.2) is 0 Å². The minimum Gasteiger partial charge on any atom is -0.480 e. The van der Waals surface area contributed by atoms with Crippen molar-refractivity contribution in [2.75, 3.05) is 52.4 Å². The Morgan fingerprint density at radius 2 is 1.81 bits per heavy atom. The molecule has 0 spiro atoms. The molecule has 2 aliphatic heterocycles. The number of aliphatic hydroxyl groups is 1. The van der Waals surface area contributed by atoms with Crippen LogP contribution in [0.15, 0.2) is 0 Å². The van der Waals surface area contributed by atoms with Gasteiger partial charge in [-0.2, -0.15) is 0 Å². The molecule has 0 aromatic carbocycles. The number of aliphatic carboxylic acids is 1. The third-order valence-electron chi connectivity index (χ3n) is 3.80. The predicted octanol–water partition coefficient (Wildman–Crippen LogP) is -1.11. The fourth-order valence-electron chi connectivity index (χ4n) is 2.79.